The van der Waals surface area contributed by atoms with Gasteiger partial charge in [0.2, 0.25) is 0 Å². The molecule has 3 N–H and O–H groups in total. The molecule has 5 heterocycles. The molecule has 6 aromatic rings. The number of hydrogen-bond donors (Lipinski definition) is 3. The average molecular weight is 396 g/mol. The molecule has 0 radical (unpaired) electrons. The minimum absolute atomic E-state index is 0.323. The van der Waals surface area contributed by atoms with Crippen molar-refractivity contribution in [2.45, 2.75) is 0 Å². The SMILES string of the molecule is Fc1cccc(-c2nccc3[nH]c(-c4n[nH]c5ccc(-c6cn[nH]c6)nc45)nc23)c1. The lowest BCUT2D eigenvalue weighted by molar-refractivity contribution is 0.628. The maximum Gasteiger partial charge on any atom is 0.161 e. The van der Waals surface area contributed by atoms with Gasteiger partial charge in [-0.25, -0.2) is 14.4 Å². The number of H-pyrrole nitrogens is 3. The maximum atomic E-state index is 13.7. The number of benzene rings is 1. The van der Waals surface area contributed by atoms with Crippen molar-refractivity contribution in [3.8, 4) is 34.0 Å². The lowest BCUT2D eigenvalue weighted by atomic mass is 10.1. The molecule has 5 aromatic heterocycles. The van der Waals surface area contributed by atoms with Crippen LogP contribution in [0.25, 0.3) is 56.1 Å². The highest BCUT2D eigenvalue weighted by Crippen LogP contribution is 2.30. The Balaban J connectivity index is 1.53. The van der Waals surface area contributed by atoms with Gasteiger partial charge in [-0.1, -0.05) is 12.1 Å². The van der Waals surface area contributed by atoms with E-state index in [2.05, 4.69) is 30.4 Å². The predicted octanol–water partition coefficient (Wildman–Crippen LogP) is 4.09. The zero-order valence-electron chi connectivity index (χ0n) is 15.4. The second kappa shape index (κ2) is 6.31. The summed E-state index contributed by atoms with van der Waals surface area (Å²) in [6.45, 7) is 0. The molecule has 8 nitrogen and oxygen atoms in total. The third kappa shape index (κ3) is 2.56. The number of rotatable bonds is 3. The summed E-state index contributed by atoms with van der Waals surface area (Å²) >= 11 is 0. The maximum absolute atomic E-state index is 13.7. The van der Waals surface area contributed by atoms with Gasteiger partial charge >= 0.3 is 0 Å². The summed E-state index contributed by atoms with van der Waals surface area (Å²) in [6.07, 6.45) is 5.17. The van der Waals surface area contributed by atoms with E-state index in [9.17, 15) is 4.39 Å². The lowest BCUT2D eigenvalue weighted by Crippen LogP contribution is -1.87. The molecule has 0 aliphatic rings. The van der Waals surface area contributed by atoms with E-state index < -0.39 is 0 Å². The number of pyridine rings is 2. The zero-order valence-corrected chi connectivity index (χ0v) is 15.4. The number of nitrogens with one attached hydrogen (secondary N) is 3. The molecule has 9 heteroatoms. The second-order valence-electron chi connectivity index (χ2n) is 6.80. The Bertz CT molecular complexity index is 1510. The van der Waals surface area contributed by atoms with Gasteiger partial charge < -0.3 is 4.98 Å². The Hall–Kier alpha value is -4.40. The van der Waals surface area contributed by atoms with Crippen LogP contribution in [0.5, 0.6) is 0 Å². The van der Waals surface area contributed by atoms with Crippen LogP contribution < -0.4 is 0 Å². The molecule has 0 unspecified atom stereocenters. The number of hydrogen-bond acceptors (Lipinski definition) is 5. The van der Waals surface area contributed by atoms with Crippen LogP contribution in [0, 0.1) is 5.82 Å². The van der Waals surface area contributed by atoms with Crippen molar-refractivity contribution in [1.29, 1.82) is 0 Å². The quantitative estimate of drug-likeness (QED) is 0.417. The van der Waals surface area contributed by atoms with E-state index in [0.29, 0.717) is 33.8 Å². The van der Waals surface area contributed by atoms with E-state index in [-0.39, 0.29) is 5.82 Å². The molecule has 30 heavy (non-hydrogen) atoms. The highest BCUT2D eigenvalue weighted by molar-refractivity contribution is 5.95. The molecule has 0 saturated carbocycles. The first-order chi connectivity index (χ1) is 14.8. The van der Waals surface area contributed by atoms with Crippen molar-refractivity contribution >= 4 is 22.1 Å². The summed E-state index contributed by atoms with van der Waals surface area (Å²) in [5, 5.41) is 14.2. The summed E-state index contributed by atoms with van der Waals surface area (Å²) in [7, 11) is 0. The third-order valence-corrected chi connectivity index (χ3v) is 4.92. The zero-order chi connectivity index (χ0) is 20.1. The number of halogens is 1. The molecule has 0 aliphatic heterocycles. The molecule has 1 aromatic carbocycles. The minimum atomic E-state index is -0.323. The van der Waals surface area contributed by atoms with Crippen LogP contribution in [0.15, 0.2) is 61.1 Å². The molecular formula is C21H13FN8. The number of imidazole rings is 1. The Morgan fingerprint density at radius 1 is 0.867 bits per heavy atom. The van der Waals surface area contributed by atoms with E-state index in [1.807, 2.05) is 24.3 Å². The van der Waals surface area contributed by atoms with Gasteiger partial charge in [-0.15, -0.1) is 0 Å². The summed E-state index contributed by atoms with van der Waals surface area (Å²) < 4.78 is 13.7. The Kier molecular flexibility index (Phi) is 3.48. The molecule has 0 atom stereocenters. The number of aromatic nitrogens is 8. The van der Waals surface area contributed by atoms with E-state index in [1.165, 1.54) is 12.1 Å². The summed E-state index contributed by atoms with van der Waals surface area (Å²) in [4.78, 5) is 17.2. The Labute approximate surface area is 168 Å². The van der Waals surface area contributed by atoms with Crippen LogP contribution in [0.3, 0.4) is 0 Å². The van der Waals surface area contributed by atoms with Crippen molar-refractivity contribution in [2.75, 3.05) is 0 Å². The molecule has 0 aliphatic carbocycles. The molecule has 0 saturated heterocycles. The molecule has 0 fully saturated rings. The number of fused-ring (bicyclic) bond motifs is 2. The monoisotopic (exact) mass is 396 g/mol. The first-order valence-electron chi connectivity index (χ1n) is 9.21. The molecule has 0 bridgehead atoms. The summed E-state index contributed by atoms with van der Waals surface area (Å²) in [5.74, 6) is 0.232. The van der Waals surface area contributed by atoms with Crippen LogP contribution in [-0.2, 0) is 0 Å². The first kappa shape index (κ1) is 16.5. The van der Waals surface area contributed by atoms with Crippen molar-refractivity contribution in [1.82, 2.24) is 40.3 Å². The first-order valence-corrected chi connectivity index (χ1v) is 9.21. The van der Waals surface area contributed by atoms with Crippen molar-refractivity contribution in [2.24, 2.45) is 0 Å². The van der Waals surface area contributed by atoms with Crippen molar-refractivity contribution in [3.05, 3.63) is 66.9 Å². The fourth-order valence-corrected chi connectivity index (χ4v) is 3.51. The van der Waals surface area contributed by atoms with Gasteiger partial charge in [0.1, 0.15) is 16.9 Å². The van der Waals surface area contributed by atoms with Crippen molar-refractivity contribution in [3.63, 3.8) is 0 Å². The standard InChI is InChI=1S/C21H13FN8/c22-13-3-1-2-11(8-13)17-18-15(6-7-23-17)27-21(28-18)20-19-16(29-30-20)5-4-14(26-19)12-9-24-25-10-12/h1-10H,(H,24,25)(H,27,28)(H,29,30). The third-order valence-electron chi connectivity index (χ3n) is 4.92. The van der Waals surface area contributed by atoms with E-state index in [4.69, 9.17) is 9.97 Å². The van der Waals surface area contributed by atoms with Crippen molar-refractivity contribution < 1.29 is 4.39 Å². The fourth-order valence-electron chi connectivity index (χ4n) is 3.51. The van der Waals surface area contributed by atoms with Crippen LogP contribution in [-0.4, -0.2) is 40.3 Å². The highest BCUT2D eigenvalue weighted by atomic mass is 19.1. The topological polar surface area (TPSA) is 112 Å². The molecule has 0 amide bonds. The Morgan fingerprint density at radius 2 is 1.80 bits per heavy atom. The largest absolute Gasteiger partial charge is 0.336 e. The van der Waals surface area contributed by atoms with Gasteiger partial charge in [0.25, 0.3) is 0 Å². The normalized spacial score (nSPS) is 11.5. The van der Waals surface area contributed by atoms with E-state index in [1.54, 1.807) is 24.7 Å². The summed E-state index contributed by atoms with van der Waals surface area (Å²) in [5.41, 5.74) is 6.41. The van der Waals surface area contributed by atoms with E-state index >= 15 is 0 Å². The smallest absolute Gasteiger partial charge is 0.161 e. The number of aromatic amines is 3. The van der Waals surface area contributed by atoms with E-state index in [0.717, 1.165) is 22.3 Å². The number of nitrogens with zero attached hydrogens (tertiary/aromatic N) is 5. The molecule has 144 valence electrons. The van der Waals surface area contributed by atoms with Gasteiger partial charge in [0.15, 0.2) is 11.5 Å². The molecular weight excluding hydrogens is 383 g/mol. The molecule has 0 spiro atoms. The highest BCUT2D eigenvalue weighted by Gasteiger charge is 2.17. The van der Waals surface area contributed by atoms with Gasteiger partial charge in [0, 0.05) is 23.5 Å². The minimum Gasteiger partial charge on any atom is -0.336 e. The lowest BCUT2D eigenvalue weighted by Gasteiger charge is -2.01. The second-order valence-corrected chi connectivity index (χ2v) is 6.80. The van der Waals surface area contributed by atoms with Crippen LogP contribution in [0.4, 0.5) is 4.39 Å². The summed E-state index contributed by atoms with van der Waals surface area (Å²) in [6, 6.07) is 12.0. The van der Waals surface area contributed by atoms with Gasteiger partial charge in [-0.3, -0.25) is 15.2 Å². The van der Waals surface area contributed by atoms with Gasteiger partial charge in [-0.05, 0) is 30.3 Å². The van der Waals surface area contributed by atoms with Gasteiger partial charge in [0.05, 0.1) is 28.6 Å². The average Bonchev–Trinajstić information content (AvgIpc) is 3.51. The van der Waals surface area contributed by atoms with Crippen LogP contribution >= 0.6 is 0 Å². The fraction of sp³-hybridized carbons (Fsp3) is 0. The van der Waals surface area contributed by atoms with Gasteiger partial charge in [-0.2, -0.15) is 10.2 Å². The predicted molar refractivity (Wildman–Crippen MR) is 110 cm³/mol. The van der Waals surface area contributed by atoms with Crippen LogP contribution in [0.2, 0.25) is 0 Å². The van der Waals surface area contributed by atoms with Crippen LogP contribution in [0.1, 0.15) is 0 Å². The molecule has 6 rings (SSSR count). The Morgan fingerprint density at radius 3 is 2.67 bits per heavy atom.